The van der Waals surface area contributed by atoms with Crippen LogP contribution in [0.15, 0.2) is 54.6 Å². The molecular formula is C17H20N2O2. The number of urea groups is 1. The first kappa shape index (κ1) is 15.1. The molecule has 2 aromatic rings. The second-order valence-electron chi connectivity index (χ2n) is 4.89. The van der Waals surface area contributed by atoms with Gasteiger partial charge in [-0.1, -0.05) is 48.5 Å². The zero-order valence-corrected chi connectivity index (χ0v) is 12.1. The molecule has 2 aromatic carbocycles. The van der Waals surface area contributed by atoms with E-state index in [-0.39, 0.29) is 12.6 Å². The van der Waals surface area contributed by atoms with Crippen LogP contribution in [0.2, 0.25) is 0 Å². The van der Waals surface area contributed by atoms with Gasteiger partial charge in [-0.25, -0.2) is 4.79 Å². The molecule has 2 rings (SSSR count). The number of amides is 2. The number of hydrogen-bond donors (Lipinski definition) is 2. The fourth-order valence-corrected chi connectivity index (χ4v) is 2.07. The average molecular weight is 284 g/mol. The average Bonchev–Trinajstić information content (AvgIpc) is 2.50. The standard InChI is InChI=1S/C17H20N2O2/c1-19(11-12-20)17(21)18-16-10-6-5-9-15(16)13-14-7-3-2-4-8-14/h2-10,20H,11-13H2,1H3,(H,18,21). The molecule has 0 saturated heterocycles. The maximum atomic E-state index is 12.0. The van der Waals surface area contributed by atoms with Crippen molar-refractivity contribution in [1.29, 1.82) is 0 Å². The van der Waals surface area contributed by atoms with Crippen LogP contribution < -0.4 is 5.32 Å². The maximum Gasteiger partial charge on any atom is 0.321 e. The zero-order valence-electron chi connectivity index (χ0n) is 12.1. The fraction of sp³-hybridized carbons (Fsp3) is 0.235. The van der Waals surface area contributed by atoms with Gasteiger partial charge in [0.1, 0.15) is 0 Å². The Morgan fingerprint density at radius 2 is 1.76 bits per heavy atom. The molecule has 0 bridgehead atoms. The molecule has 0 unspecified atom stereocenters. The lowest BCUT2D eigenvalue weighted by molar-refractivity contribution is 0.202. The Hall–Kier alpha value is -2.33. The number of carbonyl (C=O) groups excluding carboxylic acids is 1. The molecule has 0 fully saturated rings. The van der Waals surface area contributed by atoms with E-state index in [0.717, 1.165) is 17.7 Å². The molecule has 110 valence electrons. The lowest BCUT2D eigenvalue weighted by Crippen LogP contribution is -2.33. The summed E-state index contributed by atoms with van der Waals surface area (Å²) in [5.74, 6) is 0. The lowest BCUT2D eigenvalue weighted by atomic mass is 10.0. The highest BCUT2D eigenvalue weighted by Crippen LogP contribution is 2.19. The molecule has 2 amide bonds. The Morgan fingerprint density at radius 1 is 1.10 bits per heavy atom. The number of aliphatic hydroxyl groups excluding tert-OH is 1. The number of likely N-dealkylation sites (N-methyl/N-ethyl adjacent to an activating group) is 1. The molecule has 0 aliphatic rings. The highest BCUT2D eigenvalue weighted by atomic mass is 16.3. The van der Waals surface area contributed by atoms with Crippen LogP contribution in [0.25, 0.3) is 0 Å². The summed E-state index contributed by atoms with van der Waals surface area (Å²) in [7, 11) is 1.66. The van der Waals surface area contributed by atoms with Gasteiger partial charge in [-0.05, 0) is 23.6 Å². The van der Waals surface area contributed by atoms with Gasteiger partial charge in [0.05, 0.1) is 6.61 Å². The van der Waals surface area contributed by atoms with Crippen molar-refractivity contribution >= 4 is 11.7 Å². The number of aliphatic hydroxyl groups is 1. The van der Waals surface area contributed by atoms with Crippen molar-refractivity contribution in [2.24, 2.45) is 0 Å². The zero-order chi connectivity index (χ0) is 15.1. The Labute approximate surface area is 125 Å². The number of nitrogens with zero attached hydrogens (tertiary/aromatic N) is 1. The van der Waals surface area contributed by atoms with Crippen LogP contribution in [-0.2, 0) is 6.42 Å². The third-order valence-corrected chi connectivity index (χ3v) is 3.28. The summed E-state index contributed by atoms with van der Waals surface area (Å²) in [5, 5.41) is 11.8. The van der Waals surface area contributed by atoms with Gasteiger partial charge in [0.2, 0.25) is 0 Å². The van der Waals surface area contributed by atoms with E-state index in [4.69, 9.17) is 5.11 Å². The number of para-hydroxylation sites is 1. The topological polar surface area (TPSA) is 52.6 Å². The summed E-state index contributed by atoms with van der Waals surface area (Å²) in [6.07, 6.45) is 0.765. The summed E-state index contributed by atoms with van der Waals surface area (Å²) in [6, 6.07) is 17.7. The second-order valence-corrected chi connectivity index (χ2v) is 4.89. The number of nitrogens with one attached hydrogen (secondary N) is 1. The minimum absolute atomic E-state index is 0.0460. The Bertz CT molecular complexity index is 584. The summed E-state index contributed by atoms with van der Waals surface area (Å²) < 4.78 is 0. The van der Waals surface area contributed by atoms with Crippen LogP contribution in [0.3, 0.4) is 0 Å². The first-order valence-electron chi connectivity index (χ1n) is 6.95. The first-order valence-corrected chi connectivity index (χ1v) is 6.95. The maximum absolute atomic E-state index is 12.0. The quantitative estimate of drug-likeness (QED) is 0.887. The number of anilines is 1. The van der Waals surface area contributed by atoms with Crippen LogP contribution in [0.4, 0.5) is 10.5 Å². The van der Waals surface area contributed by atoms with Crippen LogP contribution in [0.1, 0.15) is 11.1 Å². The smallest absolute Gasteiger partial charge is 0.321 e. The highest BCUT2D eigenvalue weighted by Gasteiger charge is 2.10. The molecule has 4 nitrogen and oxygen atoms in total. The lowest BCUT2D eigenvalue weighted by Gasteiger charge is -2.18. The van der Waals surface area contributed by atoms with Gasteiger partial charge in [0.25, 0.3) is 0 Å². The number of rotatable bonds is 5. The van der Waals surface area contributed by atoms with E-state index >= 15 is 0 Å². The SMILES string of the molecule is CN(CCO)C(=O)Nc1ccccc1Cc1ccccc1. The van der Waals surface area contributed by atoms with E-state index in [2.05, 4.69) is 17.4 Å². The molecule has 0 heterocycles. The third-order valence-electron chi connectivity index (χ3n) is 3.28. The fourth-order valence-electron chi connectivity index (χ4n) is 2.07. The summed E-state index contributed by atoms with van der Waals surface area (Å²) in [4.78, 5) is 13.5. The molecule has 0 aliphatic carbocycles. The van der Waals surface area contributed by atoms with E-state index in [0.29, 0.717) is 6.54 Å². The molecule has 4 heteroatoms. The van der Waals surface area contributed by atoms with Gasteiger partial charge in [0, 0.05) is 19.3 Å². The number of carbonyl (C=O) groups is 1. The van der Waals surface area contributed by atoms with E-state index < -0.39 is 0 Å². The molecule has 0 aliphatic heterocycles. The minimum Gasteiger partial charge on any atom is -0.395 e. The van der Waals surface area contributed by atoms with Gasteiger partial charge in [-0.2, -0.15) is 0 Å². The molecular weight excluding hydrogens is 264 g/mol. The van der Waals surface area contributed by atoms with Crippen molar-refractivity contribution in [2.75, 3.05) is 25.5 Å². The van der Waals surface area contributed by atoms with Crippen molar-refractivity contribution < 1.29 is 9.90 Å². The van der Waals surface area contributed by atoms with Gasteiger partial charge in [-0.15, -0.1) is 0 Å². The second kappa shape index (κ2) is 7.45. The van der Waals surface area contributed by atoms with Gasteiger partial charge >= 0.3 is 6.03 Å². The predicted octanol–water partition coefficient (Wildman–Crippen LogP) is 2.73. The largest absolute Gasteiger partial charge is 0.395 e. The summed E-state index contributed by atoms with van der Waals surface area (Å²) in [6.45, 7) is 0.266. The summed E-state index contributed by atoms with van der Waals surface area (Å²) >= 11 is 0. The van der Waals surface area contributed by atoms with Gasteiger partial charge < -0.3 is 15.3 Å². The Morgan fingerprint density at radius 3 is 2.48 bits per heavy atom. The molecule has 0 saturated carbocycles. The van der Waals surface area contributed by atoms with E-state index in [9.17, 15) is 4.79 Å². The third kappa shape index (κ3) is 4.33. The normalized spacial score (nSPS) is 10.2. The monoisotopic (exact) mass is 284 g/mol. The van der Waals surface area contributed by atoms with Crippen LogP contribution in [0, 0.1) is 0 Å². The molecule has 2 N–H and O–H groups in total. The van der Waals surface area contributed by atoms with Gasteiger partial charge in [0.15, 0.2) is 0 Å². The van der Waals surface area contributed by atoms with Crippen molar-refractivity contribution in [1.82, 2.24) is 4.90 Å². The van der Waals surface area contributed by atoms with Crippen molar-refractivity contribution in [3.8, 4) is 0 Å². The van der Waals surface area contributed by atoms with Gasteiger partial charge in [-0.3, -0.25) is 0 Å². The number of benzene rings is 2. The number of hydrogen-bond acceptors (Lipinski definition) is 2. The van der Waals surface area contributed by atoms with Crippen molar-refractivity contribution in [3.63, 3.8) is 0 Å². The van der Waals surface area contributed by atoms with Crippen LogP contribution in [0.5, 0.6) is 0 Å². The Balaban J connectivity index is 2.12. The van der Waals surface area contributed by atoms with E-state index in [1.54, 1.807) is 7.05 Å². The Kier molecular flexibility index (Phi) is 5.35. The molecule has 0 spiro atoms. The van der Waals surface area contributed by atoms with Crippen LogP contribution in [-0.4, -0.2) is 36.2 Å². The molecule has 0 radical (unpaired) electrons. The predicted molar refractivity (Wildman–Crippen MR) is 84.4 cm³/mol. The first-order chi connectivity index (χ1) is 10.2. The van der Waals surface area contributed by atoms with Crippen molar-refractivity contribution in [2.45, 2.75) is 6.42 Å². The van der Waals surface area contributed by atoms with E-state index in [1.165, 1.54) is 10.5 Å². The highest BCUT2D eigenvalue weighted by molar-refractivity contribution is 5.90. The van der Waals surface area contributed by atoms with Crippen LogP contribution >= 0.6 is 0 Å². The molecule has 21 heavy (non-hydrogen) atoms. The van der Waals surface area contributed by atoms with Crippen molar-refractivity contribution in [3.05, 3.63) is 65.7 Å². The molecule has 0 aromatic heterocycles. The minimum atomic E-state index is -0.218. The van der Waals surface area contributed by atoms with E-state index in [1.807, 2.05) is 42.5 Å². The molecule has 0 atom stereocenters. The summed E-state index contributed by atoms with van der Waals surface area (Å²) in [5.41, 5.74) is 3.06.